The maximum atomic E-state index is 14.8. The number of rotatable bonds is 13. The summed E-state index contributed by atoms with van der Waals surface area (Å²) in [7, 11) is -1.39. The van der Waals surface area contributed by atoms with Crippen LogP contribution in [0.1, 0.15) is 126 Å². The summed E-state index contributed by atoms with van der Waals surface area (Å²) in [6, 6.07) is 37.2. The Labute approximate surface area is 921 Å². The molecule has 3 aromatic carbocycles. The molecule has 1 unspecified atom stereocenters. The first-order valence-electron chi connectivity index (χ1n) is 45.0. The van der Waals surface area contributed by atoms with Gasteiger partial charge in [0.25, 0.3) is 0 Å². The van der Waals surface area contributed by atoms with E-state index < -0.39 is 32.4 Å². The number of hydrogen-bond donors (Lipinski definition) is 0. The average molecular weight is 2120 g/mol. The molecule has 15 aromatic rings. The van der Waals surface area contributed by atoms with Crippen LogP contribution in [0.25, 0.3) is 123 Å². The number of carbonyl (C=O) groups excluding carboxylic acids is 3. The Kier molecular flexibility index (Phi) is 40.3. The number of pyridine rings is 9. The van der Waals surface area contributed by atoms with Crippen LogP contribution in [0.2, 0.25) is 15.1 Å². The number of carbonyl (C=O) groups is 3. The third-order valence-corrected chi connectivity index (χ3v) is 24.9. The first-order chi connectivity index (χ1) is 66.5. The van der Waals surface area contributed by atoms with Crippen molar-refractivity contribution in [3.63, 3.8) is 0 Å². The van der Waals surface area contributed by atoms with Gasteiger partial charge in [0, 0.05) is 204 Å². The van der Waals surface area contributed by atoms with Crippen LogP contribution in [0.5, 0.6) is 0 Å². The molecule has 710 valence electrons. The fraction of sp³-hybridized carbons (Fsp3) is 0.303. The van der Waals surface area contributed by atoms with Crippen LogP contribution in [-0.4, -0.2) is 247 Å². The van der Waals surface area contributed by atoms with E-state index in [1.54, 1.807) is 71.4 Å². The van der Waals surface area contributed by atoms with Gasteiger partial charge in [-0.1, -0.05) is 34.8 Å². The van der Waals surface area contributed by atoms with Crippen LogP contribution in [-0.2, 0) is 32.8 Å². The van der Waals surface area contributed by atoms with E-state index in [1.807, 2.05) is 195 Å². The summed E-state index contributed by atoms with van der Waals surface area (Å²) in [6.07, 6.45) is 32.4. The topological polar surface area (TPSA) is 340 Å². The van der Waals surface area contributed by atoms with Crippen molar-refractivity contribution in [3.8, 4) is 89.4 Å². The normalized spacial score (nSPS) is 15.0. The van der Waals surface area contributed by atoms with E-state index in [4.69, 9.17) is 73.1 Å². The molecule has 0 saturated carbocycles. The second-order valence-electron chi connectivity index (χ2n) is 36.0. The van der Waals surface area contributed by atoms with E-state index in [2.05, 4.69) is 110 Å². The molecule has 2 amide bonds. The average Bonchev–Trinajstić information content (AvgIpc) is 1.48. The zero-order valence-electron chi connectivity index (χ0n) is 79.9. The summed E-state index contributed by atoms with van der Waals surface area (Å²) < 4.78 is 85.2. The molecule has 0 bridgehead atoms. The van der Waals surface area contributed by atoms with Crippen molar-refractivity contribution < 1.29 is 117 Å². The van der Waals surface area contributed by atoms with Gasteiger partial charge in [-0.15, -0.1) is 0 Å². The number of nitrogens with zero attached hydrogens (tertiary/aromatic N) is 18. The standard InChI is InChI=1S/C32H30ClFN6O2.C28H24ClFN6.C19H32BN3O4.C19H10BrClFN3.CH2O.3K.HO4P/c1-32(2,3)42-31(41)39-11-8-24(9-12-39)40-19-22(18-37-40)20-13-21(17-35-16-20)26-15-29(27-14-23(33)6-7-28(27)34)38-30-25(26)5-4-10-36-30;1-35-9-6-22(7-10-35)36-17-20(16-33-36)18-11-19(15-31-14-18)24-13-27(25-12-21(29)4-5-26(25)30)34-28-23(24)3-2-8-32-28;1-17(2,3)25-16(24)22-10-8-15(9-11-22)23-13-14(12-21-23)20-26-18(4,5)19(6,7)27-20;20-12-6-11(9-23-10-12)15-8-18(16-7-13(21)3-4-17(16)22)25-19-14(15)2-1-5-24-19;1-2;;;;1-4-5(2)3/h4-7,10,13-19,24H,8-9,11-12H2,1-3H3;2-5,8,11-17,22H,6-7,9-10H2,1H3;12-13,15H,8-11H2,1-7H3;1-10H;1H2;;;;1H/q;;;;;;;+1;/p-1. The number of likely N-dealkylation sites (tertiary alicyclic amines) is 3. The molecule has 0 radical (unpaired) electrons. The van der Waals surface area contributed by atoms with Crippen LogP contribution in [0.3, 0.4) is 0 Å². The van der Waals surface area contributed by atoms with Gasteiger partial charge < -0.3 is 48.4 Å². The molecule has 0 spiro atoms. The minimum atomic E-state index is -3.15. The van der Waals surface area contributed by atoms with Crippen molar-refractivity contribution in [2.24, 2.45) is 0 Å². The van der Waals surface area contributed by atoms with Crippen molar-refractivity contribution >= 4 is 187 Å². The van der Waals surface area contributed by atoms with Crippen LogP contribution in [0.4, 0.5) is 22.8 Å². The predicted octanol–water partition coefficient (Wildman–Crippen LogP) is 16.9. The number of benzene rings is 3. The summed E-state index contributed by atoms with van der Waals surface area (Å²) in [5.74, 6) is -1.18. The van der Waals surface area contributed by atoms with Gasteiger partial charge in [0.2, 0.25) is 0 Å². The van der Waals surface area contributed by atoms with Gasteiger partial charge in [0.05, 0.1) is 58.8 Å². The van der Waals surface area contributed by atoms with Gasteiger partial charge in [0.15, 0.2) is 16.9 Å². The van der Waals surface area contributed by atoms with Crippen molar-refractivity contribution in [1.82, 2.24) is 88.9 Å². The van der Waals surface area contributed by atoms with E-state index in [0.29, 0.717) is 98.0 Å². The van der Waals surface area contributed by atoms with Gasteiger partial charge in [-0.2, -0.15) is 15.3 Å². The van der Waals surface area contributed by atoms with Gasteiger partial charge in [-0.3, -0.25) is 29.0 Å². The SMILES string of the molecule is C=O.CC(C)(C)OC(=O)N1CCC(n2cc(-c3cncc(-c4cc(-c5cc(Cl)ccc5F)nc5ncccc45)c3)cn2)CC1.CC(C)(C)OC(=O)N1CCC(n2cc(B3OC(C)(C)C(C)(C)O3)cn2)CC1.CN1CCC(n2cc(-c3cncc(-c4cc(-c5cc(Cl)ccc5F)nc5ncccc45)c3)cn2)CC1.Fc1ccc(Cl)cc1-c1cc(-c2cncc(Br)c2)c2cccnc2n1.O=[P+]([O-])O[O-].[K+].[K][K]. The van der Waals surface area contributed by atoms with E-state index in [1.165, 1.54) is 99.6 Å². The number of hydrogen-bond acceptors (Lipinski definition) is 24. The number of fused-ring (bicyclic) bond motifs is 3. The number of ether oxygens (including phenoxy) is 2. The van der Waals surface area contributed by atoms with Gasteiger partial charge in [-0.05, 0) is 292 Å². The van der Waals surface area contributed by atoms with Crippen LogP contribution in [0, 0.1) is 17.5 Å². The van der Waals surface area contributed by atoms with E-state index in [-0.39, 0.29) is 98.5 Å². The van der Waals surface area contributed by atoms with Gasteiger partial charge in [0.1, 0.15) is 35.4 Å². The second kappa shape index (κ2) is 50.6. The quantitative estimate of drug-likeness (QED) is 0.0448. The van der Waals surface area contributed by atoms with Crippen LogP contribution in [0.15, 0.2) is 225 Å². The van der Waals surface area contributed by atoms with Crippen LogP contribution < -0.4 is 67.0 Å². The summed E-state index contributed by atoms with van der Waals surface area (Å²) in [5.41, 5.74) is 12.2. The monoisotopic (exact) mass is 2110 g/mol. The summed E-state index contributed by atoms with van der Waals surface area (Å²) in [4.78, 5) is 87.7. The molecule has 4 saturated heterocycles. The molecular weight excluding hydrogens is 2020 g/mol. The fourth-order valence-corrected chi connectivity index (χ4v) is 16.9. The fourth-order valence-electron chi connectivity index (χ4n) is 16.0. The molecule has 140 heavy (non-hydrogen) atoms. The molecular formula is C99H98BBrCl3F3K3N18O11P. The maximum absolute atomic E-state index is 14.8. The number of halogens is 7. The zero-order valence-corrected chi connectivity index (χ0v) is 94.0. The number of aromatic nitrogens is 15. The number of piperidine rings is 3. The third kappa shape index (κ3) is 29.1. The van der Waals surface area contributed by atoms with Crippen molar-refractivity contribution in [2.75, 3.05) is 46.3 Å². The van der Waals surface area contributed by atoms with Gasteiger partial charge >= 0.3 is 142 Å². The van der Waals surface area contributed by atoms with E-state index in [9.17, 15) is 22.8 Å². The Hall–Kier alpha value is -7.40. The molecule has 0 N–H and O–H groups in total. The molecule has 0 aliphatic carbocycles. The van der Waals surface area contributed by atoms with Crippen LogP contribution >= 0.6 is 59.0 Å². The summed E-state index contributed by atoms with van der Waals surface area (Å²) >= 11 is 24.3. The molecule has 4 aliphatic rings. The first kappa shape index (κ1) is 111. The zero-order chi connectivity index (χ0) is 99.8. The van der Waals surface area contributed by atoms with E-state index in [0.717, 1.165) is 133 Å². The molecule has 4 aliphatic heterocycles. The van der Waals surface area contributed by atoms with Crippen molar-refractivity contribution in [1.29, 1.82) is 0 Å². The molecule has 19 rings (SSSR count). The molecule has 16 heterocycles. The Morgan fingerprint density at radius 2 is 0.800 bits per heavy atom. The molecule has 29 nitrogen and oxygen atoms in total. The second-order valence-corrected chi connectivity index (χ2v) is 38.8. The molecule has 1 atom stereocenters. The van der Waals surface area contributed by atoms with Crippen molar-refractivity contribution in [3.05, 3.63) is 257 Å². The molecule has 12 aromatic heterocycles. The summed E-state index contributed by atoms with van der Waals surface area (Å²) in [5, 5.41) is 26.3. The Balaban J connectivity index is 0.000000165. The van der Waals surface area contributed by atoms with Gasteiger partial charge in [-0.25, -0.2) is 57.3 Å². The summed E-state index contributed by atoms with van der Waals surface area (Å²) in [6.45, 7) is 26.2. The minimum absolute atomic E-state index is 0. The predicted molar refractivity (Wildman–Crippen MR) is 533 cm³/mol. The Morgan fingerprint density at radius 3 is 1.14 bits per heavy atom. The van der Waals surface area contributed by atoms with E-state index >= 15 is 0 Å². The number of amides is 2. The molecule has 4 fully saturated rings. The Morgan fingerprint density at radius 1 is 0.479 bits per heavy atom. The third-order valence-electron chi connectivity index (χ3n) is 23.6. The van der Waals surface area contributed by atoms with Crippen molar-refractivity contribution in [2.45, 2.75) is 148 Å². The Bertz CT molecular complexity index is 6860. The molecule has 41 heteroatoms. The first-order valence-corrected chi connectivity index (χ1v) is 64.0.